The maximum atomic E-state index is 12.5. The number of amides is 1. The standard InChI is InChI=1S/C9H8BrF2NOS/c10-7-1-5(4-15-7)8(14)13-6-2-9(11,12)3-6/h1,4,6H,2-3H2,(H,13,14). The zero-order valence-electron chi connectivity index (χ0n) is 7.60. The average molecular weight is 296 g/mol. The van der Waals surface area contributed by atoms with Crippen LogP contribution in [0.25, 0.3) is 0 Å². The number of hydrogen-bond donors (Lipinski definition) is 1. The lowest BCUT2D eigenvalue weighted by Crippen LogP contribution is -2.50. The molecular weight excluding hydrogens is 288 g/mol. The molecule has 1 aliphatic rings. The van der Waals surface area contributed by atoms with Crippen LogP contribution in [0.15, 0.2) is 15.2 Å². The van der Waals surface area contributed by atoms with Crippen LogP contribution in [-0.2, 0) is 0 Å². The van der Waals surface area contributed by atoms with Crippen LogP contribution in [0.4, 0.5) is 8.78 Å². The second kappa shape index (κ2) is 3.83. The van der Waals surface area contributed by atoms with E-state index in [0.29, 0.717) is 5.56 Å². The number of hydrogen-bond acceptors (Lipinski definition) is 2. The van der Waals surface area contributed by atoms with Crippen LogP contribution in [0.2, 0.25) is 0 Å². The van der Waals surface area contributed by atoms with E-state index in [0.717, 1.165) is 3.79 Å². The lowest BCUT2D eigenvalue weighted by Gasteiger charge is -2.35. The Morgan fingerprint density at radius 3 is 2.73 bits per heavy atom. The van der Waals surface area contributed by atoms with E-state index in [1.807, 2.05) is 0 Å². The molecule has 0 unspecified atom stereocenters. The minimum atomic E-state index is -2.59. The molecule has 1 aliphatic carbocycles. The molecule has 0 bridgehead atoms. The number of thiophene rings is 1. The predicted octanol–water partition coefficient (Wildman–Crippen LogP) is 3.04. The fourth-order valence-corrected chi connectivity index (χ4v) is 2.60. The third-order valence-electron chi connectivity index (χ3n) is 2.25. The maximum absolute atomic E-state index is 12.5. The van der Waals surface area contributed by atoms with E-state index in [1.165, 1.54) is 11.3 Å². The van der Waals surface area contributed by atoms with E-state index in [-0.39, 0.29) is 24.8 Å². The van der Waals surface area contributed by atoms with Gasteiger partial charge in [-0.1, -0.05) is 0 Å². The SMILES string of the molecule is O=C(NC1CC(F)(F)C1)c1csc(Br)c1. The van der Waals surface area contributed by atoms with Crippen LogP contribution in [0, 0.1) is 0 Å². The molecule has 1 N–H and O–H groups in total. The molecule has 0 aliphatic heterocycles. The highest BCUT2D eigenvalue weighted by Crippen LogP contribution is 2.37. The zero-order valence-corrected chi connectivity index (χ0v) is 10.00. The van der Waals surface area contributed by atoms with Gasteiger partial charge in [0, 0.05) is 24.3 Å². The summed E-state index contributed by atoms with van der Waals surface area (Å²) in [6.07, 6.45) is -0.492. The van der Waals surface area contributed by atoms with Gasteiger partial charge in [0.15, 0.2) is 0 Å². The van der Waals surface area contributed by atoms with Gasteiger partial charge in [-0.3, -0.25) is 4.79 Å². The highest BCUT2D eigenvalue weighted by Gasteiger charge is 2.45. The van der Waals surface area contributed by atoms with Crippen molar-refractivity contribution in [1.82, 2.24) is 5.32 Å². The van der Waals surface area contributed by atoms with E-state index >= 15 is 0 Å². The van der Waals surface area contributed by atoms with Gasteiger partial charge < -0.3 is 5.32 Å². The smallest absolute Gasteiger partial charge is 0.252 e. The predicted molar refractivity (Wildman–Crippen MR) is 57.5 cm³/mol. The summed E-state index contributed by atoms with van der Waals surface area (Å²) >= 11 is 4.63. The molecule has 2 rings (SSSR count). The Morgan fingerprint density at radius 1 is 1.60 bits per heavy atom. The summed E-state index contributed by atoms with van der Waals surface area (Å²) in [5.41, 5.74) is 0.516. The van der Waals surface area contributed by atoms with Crippen molar-refractivity contribution < 1.29 is 13.6 Å². The number of carbonyl (C=O) groups is 1. The van der Waals surface area contributed by atoms with Crippen LogP contribution >= 0.6 is 27.3 Å². The fourth-order valence-electron chi connectivity index (χ4n) is 1.46. The zero-order chi connectivity index (χ0) is 11.1. The third-order valence-corrected chi connectivity index (χ3v) is 3.76. The molecule has 0 saturated heterocycles. The molecular formula is C9H8BrF2NOS. The Labute approximate surface area is 97.8 Å². The highest BCUT2D eigenvalue weighted by molar-refractivity contribution is 9.11. The van der Waals surface area contributed by atoms with E-state index in [9.17, 15) is 13.6 Å². The van der Waals surface area contributed by atoms with Gasteiger partial charge in [0.25, 0.3) is 11.8 Å². The van der Waals surface area contributed by atoms with Crippen molar-refractivity contribution in [2.75, 3.05) is 0 Å². The minimum Gasteiger partial charge on any atom is -0.349 e. The van der Waals surface area contributed by atoms with E-state index in [1.54, 1.807) is 11.4 Å². The van der Waals surface area contributed by atoms with Crippen molar-refractivity contribution in [3.63, 3.8) is 0 Å². The topological polar surface area (TPSA) is 29.1 Å². The molecule has 1 aromatic heterocycles. The monoisotopic (exact) mass is 295 g/mol. The summed E-state index contributed by atoms with van der Waals surface area (Å²) in [6, 6.07) is 1.29. The first-order valence-electron chi connectivity index (χ1n) is 4.39. The molecule has 1 amide bonds. The Kier molecular flexibility index (Phi) is 2.81. The Morgan fingerprint density at radius 2 is 2.27 bits per heavy atom. The second-order valence-electron chi connectivity index (χ2n) is 3.57. The molecule has 0 radical (unpaired) electrons. The largest absolute Gasteiger partial charge is 0.349 e. The number of carbonyl (C=O) groups excluding carboxylic acids is 1. The molecule has 1 heterocycles. The molecule has 1 fully saturated rings. The molecule has 2 nitrogen and oxygen atoms in total. The van der Waals surface area contributed by atoms with E-state index in [2.05, 4.69) is 21.2 Å². The molecule has 82 valence electrons. The molecule has 0 aromatic carbocycles. The number of rotatable bonds is 2. The van der Waals surface area contributed by atoms with Crippen molar-refractivity contribution in [3.8, 4) is 0 Å². The van der Waals surface area contributed by atoms with Gasteiger partial charge in [0.2, 0.25) is 0 Å². The molecule has 0 spiro atoms. The highest BCUT2D eigenvalue weighted by atomic mass is 79.9. The van der Waals surface area contributed by atoms with Crippen LogP contribution in [0.1, 0.15) is 23.2 Å². The maximum Gasteiger partial charge on any atom is 0.252 e. The first-order chi connectivity index (χ1) is 6.96. The Hall–Kier alpha value is -0.490. The Balaban J connectivity index is 1.89. The van der Waals surface area contributed by atoms with Crippen molar-refractivity contribution in [2.45, 2.75) is 24.8 Å². The molecule has 1 saturated carbocycles. The summed E-state index contributed by atoms with van der Waals surface area (Å²) in [4.78, 5) is 11.5. The van der Waals surface area contributed by atoms with Crippen molar-refractivity contribution >= 4 is 33.2 Å². The van der Waals surface area contributed by atoms with Crippen LogP contribution in [0.5, 0.6) is 0 Å². The molecule has 15 heavy (non-hydrogen) atoms. The van der Waals surface area contributed by atoms with Crippen molar-refractivity contribution in [3.05, 3.63) is 20.8 Å². The van der Waals surface area contributed by atoms with Crippen LogP contribution < -0.4 is 5.32 Å². The lowest BCUT2D eigenvalue weighted by atomic mass is 9.88. The van der Waals surface area contributed by atoms with E-state index in [4.69, 9.17) is 0 Å². The number of halogens is 3. The Bertz CT molecular complexity index is 385. The van der Waals surface area contributed by atoms with Crippen molar-refractivity contribution in [1.29, 1.82) is 0 Å². The summed E-state index contributed by atoms with van der Waals surface area (Å²) in [7, 11) is 0. The second-order valence-corrected chi connectivity index (χ2v) is 5.86. The molecule has 0 atom stereocenters. The summed E-state index contributed by atoms with van der Waals surface area (Å²) in [5.74, 6) is -2.87. The molecule has 1 aromatic rings. The quantitative estimate of drug-likeness (QED) is 0.893. The summed E-state index contributed by atoms with van der Waals surface area (Å²) in [6.45, 7) is 0. The van der Waals surface area contributed by atoms with Gasteiger partial charge in [-0.05, 0) is 22.0 Å². The van der Waals surface area contributed by atoms with Gasteiger partial charge in [-0.2, -0.15) is 0 Å². The average Bonchev–Trinajstić information content (AvgIpc) is 2.48. The fraction of sp³-hybridized carbons (Fsp3) is 0.444. The summed E-state index contributed by atoms with van der Waals surface area (Å²) < 4.78 is 25.8. The lowest BCUT2D eigenvalue weighted by molar-refractivity contribution is -0.0901. The van der Waals surface area contributed by atoms with Gasteiger partial charge in [0.05, 0.1) is 9.35 Å². The minimum absolute atomic E-state index is 0.246. The summed E-state index contributed by atoms with van der Waals surface area (Å²) in [5, 5.41) is 4.26. The first-order valence-corrected chi connectivity index (χ1v) is 6.06. The normalized spacial score (nSPS) is 19.7. The van der Waals surface area contributed by atoms with Crippen LogP contribution in [0.3, 0.4) is 0 Å². The first kappa shape index (κ1) is 11.0. The number of nitrogens with one attached hydrogen (secondary N) is 1. The molecule has 6 heteroatoms. The number of alkyl halides is 2. The van der Waals surface area contributed by atoms with Crippen molar-refractivity contribution in [2.24, 2.45) is 0 Å². The van der Waals surface area contributed by atoms with Gasteiger partial charge in [-0.25, -0.2) is 8.78 Å². The van der Waals surface area contributed by atoms with E-state index < -0.39 is 5.92 Å². The van der Waals surface area contributed by atoms with Gasteiger partial charge >= 0.3 is 0 Å². The van der Waals surface area contributed by atoms with Crippen LogP contribution in [-0.4, -0.2) is 17.9 Å². The van der Waals surface area contributed by atoms with Gasteiger partial charge in [0.1, 0.15) is 0 Å². The van der Waals surface area contributed by atoms with Gasteiger partial charge in [-0.15, -0.1) is 11.3 Å². The third kappa shape index (κ3) is 2.55.